The molecule has 168 valence electrons. The molecule has 4 rings (SSSR count). The van der Waals surface area contributed by atoms with E-state index in [-0.39, 0.29) is 17.8 Å². The molecule has 0 atom stereocenters. The van der Waals surface area contributed by atoms with E-state index >= 15 is 0 Å². The van der Waals surface area contributed by atoms with Gasteiger partial charge in [0.25, 0.3) is 0 Å². The van der Waals surface area contributed by atoms with E-state index in [1.165, 1.54) is 6.07 Å². The van der Waals surface area contributed by atoms with Crippen LogP contribution in [0.25, 0.3) is 0 Å². The summed E-state index contributed by atoms with van der Waals surface area (Å²) in [5.74, 6) is 0.259. The van der Waals surface area contributed by atoms with Gasteiger partial charge in [0.05, 0.1) is 11.6 Å². The molecular formula is C26H30FN3O2. The highest BCUT2D eigenvalue weighted by molar-refractivity contribution is 5.76. The second kappa shape index (κ2) is 10.6. The number of halogens is 1. The van der Waals surface area contributed by atoms with Gasteiger partial charge in [-0.3, -0.25) is 9.69 Å². The van der Waals surface area contributed by atoms with Crippen LogP contribution in [0.1, 0.15) is 43.2 Å². The molecule has 2 aromatic carbocycles. The van der Waals surface area contributed by atoms with Crippen LogP contribution < -0.4 is 4.74 Å². The molecule has 0 bridgehead atoms. The Morgan fingerprint density at radius 3 is 2.34 bits per heavy atom. The van der Waals surface area contributed by atoms with Crippen molar-refractivity contribution < 1.29 is 13.9 Å². The lowest BCUT2D eigenvalue weighted by molar-refractivity contribution is -0.132. The number of hydrogen-bond acceptors (Lipinski definition) is 4. The minimum atomic E-state index is -0.300. The van der Waals surface area contributed by atoms with Crippen LogP contribution in [0.15, 0.2) is 48.5 Å². The summed E-state index contributed by atoms with van der Waals surface area (Å²) in [5.41, 5.74) is 1.73. The van der Waals surface area contributed by atoms with E-state index in [0.717, 1.165) is 57.4 Å². The molecule has 32 heavy (non-hydrogen) atoms. The van der Waals surface area contributed by atoms with E-state index in [1.54, 1.807) is 30.3 Å². The van der Waals surface area contributed by atoms with Gasteiger partial charge in [-0.15, -0.1) is 0 Å². The lowest BCUT2D eigenvalue weighted by Gasteiger charge is -2.41. The van der Waals surface area contributed by atoms with E-state index in [9.17, 15) is 9.18 Å². The number of aryl methyl sites for hydroxylation is 1. The Morgan fingerprint density at radius 1 is 1.00 bits per heavy atom. The molecule has 2 aromatic rings. The van der Waals surface area contributed by atoms with Crippen LogP contribution >= 0.6 is 0 Å². The zero-order chi connectivity index (χ0) is 22.3. The van der Waals surface area contributed by atoms with E-state index in [1.807, 2.05) is 17.0 Å². The Balaban J connectivity index is 1.17. The molecule has 0 unspecified atom stereocenters. The first kappa shape index (κ1) is 22.3. The lowest BCUT2D eigenvalue weighted by atomic mass is 9.98. The maximum absolute atomic E-state index is 13.8. The molecule has 2 aliphatic rings. The standard InChI is InChI=1S/C26H30FN3O2/c27-24-3-1-2-4-25(24)32-23-13-17-29(18-14-23)22-11-15-30(16-12-22)26(31)10-9-20-5-7-21(19-28)8-6-20/h1-8,22-23H,9-18H2. The van der Waals surface area contributed by atoms with Crippen LogP contribution in [0, 0.1) is 17.1 Å². The number of rotatable bonds is 6. The van der Waals surface area contributed by atoms with Crippen molar-refractivity contribution >= 4 is 5.91 Å². The molecule has 0 saturated carbocycles. The molecule has 0 aromatic heterocycles. The third-order valence-corrected chi connectivity index (χ3v) is 6.65. The summed E-state index contributed by atoms with van der Waals surface area (Å²) in [5, 5.41) is 8.88. The second-order valence-corrected chi connectivity index (χ2v) is 8.70. The van der Waals surface area contributed by atoms with Crippen LogP contribution in [0.4, 0.5) is 4.39 Å². The minimum Gasteiger partial charge on any atom is -0.487 e. The molecule has 0 N–H and O–H groups in total. The highest BCUT2D eigenvalue weighted by Crippen LogP contribution is 2.25. The summed E-state index contributed by atoms with van der Waals surface area (Å²) >= 11 is 0. The summed E-state index contributed by atoms with van der Waals surface area (Å²) in [6.45, 7) is 3.53. The fraction of sp³-hybridized carbons (Fsp3) is 0.462. The number of ether oxygens (including phenoxy) is 1. The van der Waals surface area contributed by atoms with Crippen molar-refractivity contribution in [3.05, 3.63) is 65.5 Å². The Hall–Kier alpha value is -2.91. The number of carbonyl (C=O) groups is 1. The summed E-state index contributed by atoms with van der Waals surface area (Å²) in [4.78, 5) is 17.1. The number of carbonyl (C=O) groups excluding carboxylic acids is 1. The quantitative estimate of drug-likeness (QED) is 0.684. The van der Waals surface area contributed by atoms with Gasteiger partial charge in [0.1, 0.15) is 6.10 Å². The monoisotopic (exact) mass is 435 g/mol. The lowest BCUT2D eigenvalue weighted by Crippen LogP contribution is -2.50. The number of nitrogens with zero attached hydrogens (tertiary/aromatic N) is 3. The Morgan fingerprint density at radius 2 is 1.69 bits per heavy atom. The summed E-state index contributed by atoms with van der Waals surface area (Å²) in [6, 6.07) is 16.7. The molecule has 2 saturated heterocycles. The largest absolute Gasteiger partial charge is 0.487 e. The van der Waals surface area contributed by atoms with Crippen LogP contribution in [0.3, 0.4) is 0 Å². The Bertz CT molecular complexity index is 940. The van der Waals surface area contributed by atoms with E-state index in [0.29, 0.717) is 30.2 Å². The SMILES string of the molecule is N#Cc1ccc(CCC(=O)N2CCC(N3CCC(Oc4ccccc4F)CC3)CC2)cc1. The van der Waals surface area contributed by atoms with Gasteiger partial charge in [0.2, 0.25) is 5.91 Å². The number of likely N-dealkylation sites (tertiary alicyclic amines) is 2. The summed E-state index contributed by atoms with van der Waals surface area (Å²) in [7, 11) is 0. The zero-order valence-electron chi connectivity index (χ0n) is 18.4. The molecule has 2 heterocycles. The van der Waals surface area contributed by atoms with Crippen molar-refractivity contribution in [3.8, 4) is 11.8 Å². The number of benzene rings is 2. The molecule has 0 aliphatic carbocycles. The number of nitriles is 1. The van der Waals surface area contributed by atoms with Crippen molar-refractivity contribution in [2.45, 2.75) is 50.7 Å². The average Bonchev–Trinajstić information content (AvgIpc) is 2.85. The van der Waals surface area contributed by atoms with Crippen molar-refractivity contribution in [2.75, 3.05) is 26.2 Å². The molecule has 2 fully saturated rings. The van der Waals surface area contributed by atoms with Crippen LogP contribution in [0.2, 0.25) is 0 Å². The van der Waals surface area contributed by atoms with Gasteiger partial charge in [-0.1, -0.05) is 24.3 Å². The van der Waals surface area contributed by atoms with Gasteiger partial charge < -0.3 is 9.64 Å². The third kappa shape index (κ3) is 5.66. The Kier molecular flexibility index (Phi) is 7.39. The molecule has 2 aliphatic heterocycles. The van der Waals surface area contributed by atoms with Gasteiger partial charge in [0, 0.05) is 38.6 Å². The minimum absolute atomic E-state index is 0.0621. The zero-order valence-corrected chi connectivity index (χ0v) is 18.4. The highest BCUT2D eigenvalue weighted by Gasteiger charge is 2.30. The first-order valence-corrected chi connectivity index (χ1v) is 11.5. The maximum Gasteiger partial charge on any atom is 0.222 e. The van der Waals surface area contributed by atoms with E-state index in [4.69, 9.17) is 10.00 Å². The van der Waals surface area contributed by atoms with Crippen molar-refractivity contribution in [1.82, 2.24) is 9.80 Å². The first-order valence-electron chi connectivity index (χ1n) is 11.5. The molecule has 0 radical (unpaired) electrons. The first-order chi connectivity index (χ1) is 15.6. The molecule has 0 spiro atoms. The van der Waals surface area contributed by atoms with Crippen LogP contribution in [-0.4, -0.2) is 54.0 Å². The van der Waals surface area contributed by atoms with Gasteiger partial charge in [-0.05, 0) is 61.9 Å². The van der Waals surface area contributed by atoms with Crippen molar-refractivity contribution in [3.63, 3.8) is 0 Å². The van der Waals surface area contributed by atoms with Crippen molar-refractivity contribution in [1.29, 1.82) is 5.26 Å². The van der Waals surface area contributed by atoms with Crippen LogP contribution in [0.5, 0.6) is 5.75 Å². The normalized spacial score (nSPS) is 18.3. The predicted molar refractivity (Wildman–Crippen MR) is 121 cm³/mol. The molecule has 1 amide bonds. The fourth-order valence-corrected chi connectivity index (χ4v) is 4.71. The second-order valence-electron chi connectivity index (χ2n) is 8.70. The number of hydrogen-bond donors (Lipinski definition) is 0. The number of piperidine rings is 2. The smallest absolute Gasteiger partial charge is 0.222 e. The van der Waals surface area contributed by atoms with Crippen LogP contribution in [-0.2, 0) is 11.2 Å². The van der Waals surface area contributed by atoms with Gasteiger partial charge in [-0.2, -0.15) is 5.26 Å². The Labute approximate surface area is 189 Å². The molecular weight excluding hydrogens is 405 g/mol. The number of amides is 1. The highest BCUT2D eigenvalue weighted by atomic mass is 19.1. The molecule has 5 nitrogen and oxygen atoms in total. The predicted octanol–water partition coefficient (Wildman–Crippen LogP) is 4.16. The topological polar surface area (TPSA) is 56.6 Å². The van der Waals surface area contributed by atoms with Gasteiger partial charge in [-0.25, -0.2) is 4.39 Å². The molecule has 6 heteroatoms. The van der Waals surface area contributed by atoms with E-state index < -0.39 is 0 Å². The van der Waals surface area contributed by atoms with Crippen molar-refractivity contribution in [2.24, 2.45) is 0 Å². The van der Waals surface area contributed by atoms with E-state index in [2.05, 4.69) is 11.0 Å². The van der Waals surface area contributed by atoms with Gasteiger partial charge in [0.15, 0.2) is 11.6 Å². The van der Waals surface area contributed by atoms with Gasteiger partial charge >= 0.3 is 0 Å². The third-order valence-electron chi connectivity index (χ3n) is 6.65. The number of para-hydroxylation sites is 1. The summed E-state index contributed by atoms with van der Waals surface area (Å²) < 4.78 is 19.7. The maximum atomic E-state index is 13.8. The fourth-order valence-electron chi connectivity index (χ4n) is 4.71. The average molecular weight is 436 g/mol. The summed E-state index contributed by atoms with van der Waals surface area (Å²) in [6.07, 6.45) is 5.08.